The van der Waals surface area contributed by atoms with Crippen molar-refractivity contribution in [2.45, 2.75) is 13.3 Å². The van der Waals surface area contributed by atoms with Gasteiger partial charge in [0, 0.05) is 17.8 Å². The first-order valence-electron chi connectivity index (χ1n) is 8.47. The lowest BCUT2D eigenvalue weighted by atomic mass is 10.2. The summed E-state index contributed by atoms with van der Waals surface area (Å²) >= 11 is 0. The molecule has 0 aliphatic heterocycles. The summed E-state index contributed by atoms with van der Waals surface area (Å²) in [6.45, 7) is 1.98. The lowest BCUT2D eigenvalue weighted by Crippen LogP contribution is -2.21. The molecule has 0 bridgehead atoms. The highest BCUT2D eigenvalue weighted by molar-refractivity contribution is 5.95. The van der Waals surface area contributed by atoms with Gasteiger partial charge in [0.2, 0.25) is 0 Å². The minimum Gasteiger partial charge on any atom is -0.493 e. The van der Waals surface area contributed by atoms with E-state index in [1.54, 1.807) is 6.07 Å². The molecule has 9 heteroatoms. The van der Waals surface area contributed by atoms with Gasteiger partial charge in [0.05, 0.1) is 24.2 Å². The van der Waals surface area contributed by atoms with E-state index in [4.69, 9.17) is 14.2 Å². The van der Waals surface area contributed by atoms with Crippen molar-refractivity contribution in [3.63, 3.8) is 0 Å². The van der Waals surface area contributed by atoms with Crippen LogP contribution in [0.1, 0.15) is 23.7 Å². The van der Waals surface area contributed by atoms with Crippen LogP contribution in [0.15, 0.2) is 42.5 Å². The fourth-order valence-electron chi connectivity index (χ4n) is 2.20. The molecule has 0 aliphatic rings. The Labute approximate surface area is 161 Å². The van der Waals surface area contributed by atoms with E-state index in [1.807, 2.05) is 6.92 Å². The van der Waals surface area contributed by atoms with E-state index in [0.717, 1.165) is 6.42 Å². The van der Waals surface area contributed by atoms with Gasteiger partial charge in [-0.1, -0.05) is 6.92 Å². The van der Waals surface area contributed by atoms with Crippen LogP contribution in [0.2, 0.25) is 0 Å². The number of carbonyl (C=O) groups is 2. The average Bonchev–Trinajstić information content (AvgIpc) is 2.70. The number of nitro benzene ring substituents is 1. The summed E-state index contributed by atoms with van der Waals surface area (Å²) in [5.74, 6) is -0.369. The second-order valence-electron chi connectivity index (χ2n) is 5.64. The molecule has 0 heterocycles. The van der Waals surface area contributed by atoms with Crippen LogP contribution in [-0.2, 0) is 9.53 Å². The molecule has 1 amide bonds. The van der Waals surface area contributed by atoms with Gasteiger partial charge >= 0.3 is 5.97 Å². The first-order chi connectivity index (χ1) is 13.4. The number of nitrogens with zero attached hydrogens (tertiary/aromatic N) is 1. The SMILES string of the molecule is CCCOc1ccc(C(=O)OCC(=O)Nc2ccc([N+](=O)[O-])cc2)cc1OC. The number of anilines is 1. The van der Waals surface area contributed by atoms with E-state index in [1.165, 1.54) is 43.5 Å². The van der Waals surface area contributed by atoms with Crippen LogP contribution in [0.4, 0.5) is 11.4 Å². The summed E-state index contributed by atoms with van der Waals surface area (Å²) in [7, 11) is 1.46. The summed E-state index contributed by atoms with van der Waals surface area (Å²) in [6, 6.07) is 9.88. The fraction of sp³-hybridized carbons (Fsp3) is 0.263. The predicted molar refractivity (Wildman–Crippen MR) is 101 cm³/mol. The molecule has 0 aliphatic carbocycles. The number of nitrogens with one attached hydrogen (secondary N) is 1. The van der Waals surface area contributed by atoms with Crippen molar-refractivity contribution in [1.29, 1.82) is 0 Å². The van der Waals surface area contributed by atoms with Crippen LogP contribution in [0.25, 0.3) is 0 Å². The lowest BCUT2D eigenvalue weighted by molar-refractivity contribution is -0.384. The van der Waals surface area contributed by atoms with Crippen LogP contribution in [-0.4, -0.2) is 37.1 Å². The van der Waals surface area contributed by atoms with E-state index >= 15 is 0 Å². The van der Waals surface area contributed by atoms with E-state index < -0.39 is 23.4 Å². The first-order valence-corrected chi connectivity index (χ1v) is 8.47. The Morgan fingerprint density at radius 1 is 1.11 bits per heavy atom. The zero-order valence-corrected chi connectivity index (χ0v) is 15.5. The Hall–Kier alpha value is -3.62. The molecule has 2 aromatic carbocycles. The van der Waals surface area contributed by atoms with Gasteiger partial charge in [-0.3, -0.25) is 14.9 Å². The number of amides is 1. The molecule has 0 atom stereocenters. The molecule has 2 aromatic rings. The second kappa shape index (κ2) is 9.91. The average molecular weight is 388 g/mol. The Kier molecular flexibility index (Phi) is 7.32. The number of non-ortho nitro benzene ring substituents is 1. The molecule has 0 aromatic heterocycles. The van der Waals surface area contributed by atoms with E-state index in [0.29, 0.717) is 23.8 Å². The zero-order chi connectivity index (χ0) is 20.5. The van der Waals surface area contributed by atoms with Crippen molar-refractivity contribution in [1.82, 2.24) is 0 Å². The molecule has 28 heavy (non-hydrogen) atoms. The molecule has 0 radical (unpaired) electrons. The van der Waals surface area contributed by atoms with Crippen LogP contribution >= 0.6 is 0 Å². The molecule has 0 saturated heterocycles. The topological polar surface area (TPSA) is 117 Å². The summed E-state index contributed by atoms with van der Waals surface area (Å²) in [5, 5.41) is 13.1. The van der Waals surface area contributed by atoms with Gasteiger partial charge < -0.3 is 19.5 Å². The Bertz CT molecular complexity index is 850. The van der Waals surface area contributed by atoms with Crippen molar-refractivity contribution in [3.8, 4) is 11.5 Å². The van der Waals surface area contributed by atoms with Gasteiger partial charge in [0.25, 0.3) is 11.6 Å². The van der Waals surface area contributed by atoms with Gasteiger partial charge in [0.1, 0.15) is 0 Å². The zero-order valence-electron chi connectivity index (χ0n) is 15.5. The highest BCUT2D eigenvalue weighted by Crippen LogP contribution is 2.28. The van der Waals surface area contributed by atoms with Crippen molar-refractivity contribution in [2.24, 2.45) is 0 Å². The summed E-state index contributed by atoms with van der Waals surface area (Å²) < 4.78 is 15.7. The molecule has 0 unspecified atom stereocenters. The van der Waals surface area contributed by atoms with Gasteiger partial charge in [-0.15, -0.1) is 0 Å². The largest absolute Gasteiger partial charge is 0.493 e. The van der Waals surface area contributed by atoms with Crippen molar-refractivity contribution < 1.29 is 28.7 Å². The van der Waals surface area contributed by atoms with Crippen LogP contribution in [0, 0.1) is 10.1 Å². The van der Waals surface area contributed by atoms with Gasteiger partial charge in [-0.05, 0) is 36.8 Å². The number of esters is 1. The molecule has 2 rings (SSSR count). The Morgan fingerprint density at radius 2 is 1.82 bits per heavy atom. The summed E-state index contributed by atoms with van der Waals surface area (Å²) in [6.07, 6.45) is 0.830. The van der Waals surface area contributed by atoms with Gasteiger partial charge in [-0.25, -0.2) is 4.79 Å². The summed E-state index contributed by atoms with van der Waals surface area (Å²) in [4.78, 5) is 34.1. The predicted octanol–water partition coefficient (Wildman–Crippen LogP) is 3.19. The quantitative estimate of drug-likeness (QED) is 0.398. The minimum absolute atomic E-state index is 0.0928. The highest BCUT2D eigenvalue weighted by Gasteiger charge is 2.14. The molecule has 9 nitrogen and oxygen atoms in total. The third kappa shape index (κ3) is 5.70. The number of ether oxygens (including phenoxy) is 3. The smallest absolute Gasteiger partial charge is 0.338 e. The number of benzene rings is 2. The molecular weight excluding hydrogens is 368 g/mol. The minimum atomic E-state index is -0.695. The monoisotopic (exact) mass is 388 g/mol. The highest BCUT2D eigenvalue weighted by atomic mass is 16.6. The third-order valence-corrected chi connectivity index (χ3v) is 3.56. The molecular formula is C19H20N2O7. The molecule has 0 saturated carbocycles. The van der Waals surface area contributed by atoms with Crippen molar-refractivity contribution in [3.05, 3.63) is 58.1 Å². The number of rotatable bonds is 9. The van der Waals surface area contributed by atoms with Gasteiger partial charge in [-0.2, -0.15) is 0 Å². The maximum absolute atomic E-state index is 12.1. The van der Waals surface area contributed by atoms with Crippen LogP contribution in [0.5, 0.6) is 11.5 Å². The lowest BCUT2D eigenvalue weighted by Gasteiger charge is -2.11. The second-order valence-corrected chi connectivity index (χ2v) is 5.64. The maximum atomic E-state index is 12.1. The fourth-order valence-corrected chi connectivity index (χ4v) is 2.20. The van der Waals surface area contributed by atoms with Crippen LogP contribution < -0.4 is 14.8 Å². The molecule has 0 fully saturated rings. The maximum Gasteiger partial charge on any atom is 0.338 e. The van der Waals surface area contributed by atoms with Crippen LogP contribution in [0.3, 0.4) is 0 Å². The Balaban J connectivity index is 1.92. The number of methoxy groups -OCH3 is 1. The molecule has 148 valence electrons. The molecule has 0 spiro atoms. The Morgan fingerprint density at radius 3 is 2.43 bits per heavy atom. The van der Waals surface area contributed by atoms with E-state index in [9.17, 15) is 19.7 Å². The summed E-state index contributed by atoms with van der Waals surface area (Å²) in [5.41, 5.74) is 0.472. The number of hydrogen-bond acceptors (Lipinski definition) is 7. The number of carbonyl (C=O) groups excluding carboxylic acids is 2. The first kappa shape index (κ1) is 20.7. The van der Waals surface area contributed by atoms with Crippen molar-refractivity contribution in [2.75, 3.05) is 25.6 Å². The molecule has 1 N–H and O–H groups in total. The van der Waals surface area contributed by atoms with E-state index in [-0.39, 0.29) is 11.3 Å². The van der Waals surface area contributed by atoms with Gasteiger partial charge in [0.15, 0.2) is 18.1 Å². The normalized spacial score (nSPS) is 10.1. The number of nitro groups is 1. The third-order valence-electron chi connectivity index (χ3n) is 3.56. The number of hydrogen-bond donors (Lipinski definition) is 1. The van der Waals surface area contributed by atoms with E-state index in [2.05, 4.69) is 5.32 Å². The standard InChI is InChI=1S/C19H20N2O7/c1-3-10-27-16-9-4-13(11-17(16)26-2)19(23)28-12-18(22)20-14-5-7-15(8-6-14)21(24)25/h4-9,11H,3,10,12H2,1-2H3,(H,20,22). The van der Waals surface area contributed by atoms with Crippen molar-refractivity contribution >= 4 is 23.3 Å².